The molecule has 2 fully saturated rings. The van der Waals surface area contributed by atoms with Gasteiger partial charge in [0.1, 0.15) is 0 Å². The zero-order valence-electron chi connectivity index (χ0n) is 21.0. The number of nitrogens with one attached hydrogen (secondary N) is 3. The first-order valence-corrected chi connectivity index (χ1v) is 12.9. The Bertz CT molecular complexity index is 1290. The summed E-state index contributed by atoms with van der Waals surface area (Å²) in [7, 11) is 1.37. The summed E-state index contributed by atoms with van der Waals surface area (Å²) in [6, 6.07) is 4.23. The second-order valence-electron chi connectivity index (χ2n) is 9.51. The zero-order valence-corrected chi connectivity index (χ0v) is 21.8. The summed E-state index contributed by atoms with van der Waals surface area (Å²) in [5.74, 6) is 1.27. The Balaban J connectivity index is 1.48. The summed E-state index contributed by atoms with van der Waals surface area (Å²) in [6.45, 7) is 4.08. The number of imidazole rings is 1. The summed E-state index contributed by atoms with van der Waals surface area (Å²) in [5.41, 5.74) is 15.7. The minimum atomic E-state index is -0.436. The molecule has 0 radical (unpaired) electrons. The van der Waals surface area contributed by atoms with Gasteiger partial charge in [-0.05, 0) is 42.9 Å². The molecule has 1 aliphatic carbocycles. The largest absolute Gasteiger partial charge is 0.453 e. The molecule has 2 aromatic heterocycles. The molecule has 2 atom stereocenters. The number of rotatable bonds is 9. The molecule has 5 rings (SSSR count). The van der Waals surface area contributed by atoms with Crippen LogP contribution in [0, 0.1) is 5.92 Å². The number of fused-ring (bicyclic) bond motifs is 1. The molecule has 7 N–H and O–H groups in total. The van der Waals surface area contributed by atoms with E-state index in [9.17, 15) is 4.79 Å². The number of nitrogens with zero attached hydrogens (tertiary/aromatic N) is 5. The number of carbonyl (C=O) groups is 1. The molecule has 3 heterocycles. The predicted octanol–water partition coefficient (Wildman–Crippen LogP) is 2.58. The van der Waals surface area contributed by atoms with Crippen molar-refractivity contribution in [2.24, 2.45) is 17.4 Å². The van der Waals surface area contributed by atoms with Gasteiger partial charge in [-0.15, -0.1) is 5.10 Å². The molecule has 0 spiro atoms. The number of benzene rings is 1. The number of carbonyl (C=O) groups excluding carboxylic acids is 1. The van der Waals surface area contributed by atoms with Crippen molar-refractivity contribution in [1.82, 2.24) is 24.9 Å². The van der Waals surface area contributed by atoms with Crippen LogP contribution < -0.4 is 32.3 Å². The molecular weight excluding hydrogens is 496 g/mol. The molecule has 198 valence electrons. The SMILES string of the molecule is CC[C@@H]1CN(c2cc(CN)cc(Nc3nc(NC4CC4)c4ncc(CN)n4n3)c2Cl)C[C@@H]1NC(=O)OC. The highest BCUT2D eigenvalue weighted by atomic mass is 35.5. The van der Waals surface area contributed by atoms with E-state index in [1.165, 1.54) is 7.11 Å². The third kappa shape index (κ3) is 5.22. The minimum absolute atomic E-state index is 0.0517. The van der Waals surface area contributed by atoms with Crippen LogP contribution in [0.25, 0.3) is 5.65 Å². The topological polar surface area (TPSA) is 161 Å². The van der Waals surface area contributed by atoms with Gasteiger partial charge in [0.15, 0.2) is 11.5 Å². The van der Waals surface area contributed by atoms with Crippen LogP contribution >= 0.6 is 11.6 Å². The summed E-state index contributed by atoms with van der Waals surface area (Å²) < 4.78 is 6.52. The third-order valence-corrected chi connectivity index (χ3v) is 7.35. The highest BCUT2D eigenvalue weighted by Crippen LogP contribution is 2.39. The Morgan fingerprint density at radius 1 is 1.24 bits per heavy atom. The maximum Gasteiger partial charge on any atom is 0.407 e. The average molecular weight is 529 g/mol. The fourth-order valence-electron chi connectivity index (χ4n) is 4.72. The van der Waals surface area contributed by atoms with Gasteiger partial charge in [0, 0.05) is 32.2 Å². The van der Waals surface area contributed by atoms with Crippen LogP contribution in [0.2, 0.25) is 5.02 Å². The van der Waals surface area contributed by atoms with Crippen molar-refractivity contribution >= 4 is 46.5 Å². The molecule has 1 saturated heterocycles. The van der Waals surface area contributed by atoms with Gasteiger partial charge in [-0.3, -0.25) is 0 Å². The van der Waals surface area contributed by atoms with E-state index in [1.54, 1.807) is 10.7 Å². The van der Waals surface area contributed by atoms with E-state index in [0.29, 0.717) is 53.8 Å². The lowest BCUT2D eigenvalue weighted by molar-refractivity contribution is 0.164. The van der Waals surface area contributed by atoms with E-state index in [-0.39, 0.29) is 12.0 Å². The summed E-state index contributed by atoms with van der Waals surface area (Å²) in [4.78, 5) is 23.2. The van der Waals surface area contributed by atoms with E-state index < -0.39 is 6.09 Å². The molecule has 2 aliphatic rings. The first kappa shape index (κ1) is 25.3. The van der Waals surface area contributed by atoms with E-state index in [4.69, 9.17) is 32.8 Å². The fraction of sp³-hybridized carbons (Fsp3) is 0.500. The van der Waals surface area contributed by atoms with Crippen LogP contribution in [0.5, 0.6) is 0 Å². The van der Waals surface area contributed by atoms with Crippen molar-refractivity contribution in [3.8, 4) is 0 Å². The molecular formula is C24H33ClN10O2. The smallest absolute Gasteiger partial charge is 0.407 e. The molecule has 37 heavy (non-hydrogen) atoms. The Labute approximate surface area is 220 Å². The number of hydrogen-bond acceptors (Lipinski definition) is 10. The first-order chi connectivity index (χ1) is 17.9. The number of methoxy groups -OCH3 is 1. The van der Waals surface area contributed by atoms with Crippen molar-refractivity contribution in [2.75, 3.05) is 35.7 Å². The lowest BCUT2D eigenvalue weighted by Gasteiger charge is -2.23. The molecule has 3 aromatic rings. The third-order valence-electron chi connectivity index (χ3n) is 6.95. The molecule has 1 saturated carbocycles. The highest BCUT2D eigenvalue weighted by molar-refractivity contribution is 6.36. The van der Waals surface area contributed by atoms with Crippen molar-refractivity contribution in [3.05, 3.63) is 34.6 Å². The number of amides is 1. The van der Waals surface area contributed by atoms with Crippen molar-refractivity contribution in [3.63, 3.8) is 0 Å². The average Bonchev–Trinajstić information content (AvgIpc) is 3.47. The lowest BCUT2D eigenvalue weighted by atomic mass is 10.0. The van der Waals surface area contributed by atoms with Crippen molar-refractivity contribution in [2.45, 2.75) is 51.4 Å². The molecule has 1 aliphatic heterocycles. The molecule has 12 nitrogen and oxygen atoms in total. The van der Waals surface area contributed by atoms with Gasteiger partial charge in [0.2, 0.25) is 5.95 Å². The molecule has 0 bridgehead atoms. The molecule has 1 amide bonds. The van der Waals surface area contributed by atoms with Crippen LogP contribution in [0.4, 0.5) is 27.9 Å². The summed E-state index contributed by atoms with van der Waals surface area (Å²) in [5, 5.41) is 14.8. The monoisotopic (exact) mass is 528 g/mol. The lowest BCUT2D eigenvalue weighted by Crippen LogP contribution is -2.40. The quantitative estimate of drug-likeness (QED) is 0.279. The number of alkyl carbamates (subject to hydrolysis) is 1. The molecule has 13 heteroatoms. The van der Waals surface area contributed by atoms with E-state index in [0.717, 1.165) is 42.8 Å². The van der Waals surface area contributed by atoms with Gasteiger partial charge in [-0.2, -0.15) is 4.98 Å². The summed E-state index contributed by atoms with van der Waals surface area (Å²) in [6.07, 6.45) is 4.37. The van der Waals surface area contributed by atoms with Gasteiger partial charge in [0.25, 0.3) is 0 Å². The summed E-state index contributed by atoms with van der Waals surface area (Å²) >= 11 is 6.96. The zero-order chi connectivity index (χ0) is 26.1. The molecule has 1 aromatic carbocycles. The Morgan fingerprint density at radius 2 is 2.05 bits per heavy atom. The Hall–Kier alpha value is -3.35. The Morgan fingerprint density at radius 3 is 2.73 bits per heavy atom. The van der Waals surface area contributed by atoms with Gasteiger partial charge in [-0.25, -0.2) is 14.3 Å². The van der Waals surface area contributed by atoms with E-state index in [2.05, 4.69) is 37.9 Å². The van der Waals surface area contributed by atoms with Crippen LogP contribution in [0.1, 0.15) is 37.4 Å². The molecule has 0 unspecified atom stereocenters. The number of hydrogen-bond donors (Lipinski definition) is 5. The maximum atomic E-state index is 11.9. The number of anilines is 4. The minimum Gasteiger partial charge on any atom is -0.453 e. The van der Waals surface area contributed by atoms with Crippen LogP contribution in [0.15, 0.2) is 18.3 Å². The first-order valence-electron chi connectivity index (χ1n) is 12.5. The van der Waals surface area contributed by atoms with Crippen molar-refractivity contribution < 1.29 is 9.53 Å². The number of aromatic nitrogens is 4. The van der Waals surface area contributed by atoms with Gasteiger partial charge in [0.05, 0.1) is 41.4 Å². The highest BCUT2D eigenvalue weighted by Gasteiger charge is 2.34. The number of halogens is 1. The Kier molecular flexibility index (Phi) is 7.22. The van der Waals surface area contributed by atoms with Gasteiger partial charge >= 0.3 is 6.09 Å². The second kappa shape index (κ2) is 10.6. The van der Waals surface area contributed by atoms with E-state index in [1.807, 2.05) is 12.1 Å². The second-order valence-corrected chi connectivity index (χ2v) is 9.89. The normalized spacial score (nSPS) is 19.3. The van der Waals surface area contributed by atoms with E-state index >= 15 is 0 Å². The van der Waals surface area contributed by atoms with Gasteiger partial charge in [-0.1, -0.05) is 18.5 Å². The van der Waals surface area contributed by atoms with Gasteiger partial charge < -0.3 is 37.1 Å². The fourth-order valence-corrected chi connectivity index (χ4v) is 5.00. The van der Waals surface area contributed by atoms with Crippen molar-refractivity contribution in [1.29, 1.82) is 0 Å². The van der Waals surface area contributed by atoms with Crippen LogP contribution in [-0.2, 0) is 17.8 Å². The van der Waals surface area contributed by atoms with Crippen LogP contribution in [-0.4, -0.2) is 58.0 Å². The maximum absolute atomic E-state index is 11.9. The standard InChI is InChI=1S/C24H33ClN10O2/c1-3-14-11-34(12-18(14)31-24(36)37-2)19-7-13(8-26)6-17(20(19)25)30-23-32-21(29-15-4-5-15)22-28-10-16(9-27)35(22)33-23/h6-7,10,14-15,18H,3-5,8-9,11-12,26-27H2,1-2H3,(H,31,36)(H2,29,30,32,33)/t14-,18+/m1/s1. The number of nitrogens with two attached hydrogens (primary N) is 2. The van der Waals surface area contributed by atoms with Crippen LogP contribution in [0.3, 0.4) is 0 Å². The number of ether oxygens (including phenoxy) is 1. The predicted molar refractivity (Wildman–Crippen MR) is 143 cm³/mol.